The van der Waals surface area contributed by atoms with Crippen molar-refractivity contribution in [3.8, 4) is 22.6 Å². The highest BCUT2D eigenvalue weighted by Gasteiger charge is 2.20. The van der Waals surface area contributed by atoms with Gasteiger partial charge in [-0.3, -0.25) is 4.98 Å². The molecule has 0 aliphatic rings. The molecule has 0 unspecified atom stereocenters. The van der Waals surface area contributed by atoms with E-state index >= 15 is 0 Å². The van der Waals surface area contributed by atoms with Crippen molar-refractivity contribution >= 4 is 33.0 Å². The number of fused-ring (bicyclic) bond motifs is 4. The first-order valence-corrected chi connectivity index (χ1v) is 11.8. The molecule has 0 radical (unpaired) electrons. The van der Waals surface area contributed by atoms with Crippen LogP contribution in [0.15, 0.2) is 114 Å². The second-order valence-electron chi connectivity index (χ2n) is 8.82. The topological polar surface area (TPSA) is 43.9 Å². The number of hydrogen-bond acceptors (Lipinski definition) is 3. The van der Waals surface area contributed by atoms with Gasteiger partial charge in [0.15, 0.2) is 5.58 Å². The van der Waals surface area contributed by atoms with Crippen molar-refractivity contribution < 1.29 is 8.81 Å². The van der Waals surface area contributed by atoms with Gasteiger partial charge < -0.3 is 8.98 Å². The van der Waals surface area contributed by atoms with Crippen LogP contribution >= 0.6 is 0 Å². The molecule has 7 rings (SSSR count). The van der Waals surface area contributed by atoms with E-state index in [-0.39, 0.29) is 5.82 Å². The largest absolute Gasteiger partial charge is 0.453 e. The minimum Gasteiger partial charge on any atom is -0.453 e. The zero-order valence-electron chi connectivity index (χ0n) is 19.2. The van der Waals surface area contributed by atoms with Gasteiger partial charge in [-0.05, 0) is 54.1 Å². The molecule has 0 fully saturated rings. The number of rotatable bonds is 4. The second-order valence-corrected chi connectivity index (χ2v) is 8.82. The Morgan fingerprint density at radius 3 is 2.36 bits per heavy atom. The Morgan fingerprint density at radius 2 is 1.50 bits per heavy atom. The molecule has 7 aromatic rings. The van der Waals surface area contributed by atoms with Crippen LogP contribution in [0.5, 0.6) is 0 Å². The van der Waals surface area contributed by atoms with E-state index in [4.69, 9.17) is 9.40 Å². The Balaban J connectivity index is 1.48. The fourth-order valence-electron chi connectivity index (χ4n) is 4.92. The van der Waals surface area contributed by atoms with Crippen LogP contribution in [-0.2, 0) is 6.54 Å². The number of para-hydroxylation sites is 3. The molecule has 0 aliphatic heterocycles. The van der Waals surface area contributed by atoms with Gasteiger partial charge in [-0.25, -0.2) is 9.37 Å². The third-order valence-corrected chi connectivity index (χ3v) is 6.61. The fourth-order valence-corrected chi connectivity index (χ4v) is 4.92. The maximum atomic E-state index is 13.6. The Hall–Kier alpha value is -4.77. The van der Waals surface area contributed by atoms with Gasteiger partial charge in [-0.15, -0.1) is 0 Å². The molecule has 0 atom stereocenters. The molecule has 0 aliphatic carbocycles. The fraction of sp³-hybridized carbons (Fsp3) is 0.0323. The summed E-state index contributed by atoms with van der Waals surface area (Å²) in [6, 6.07) is 33.0. The summed E-state index contributed by atoms with van der Waals surface area (Å²) in [7, 11) is 0. The summed E-state index contributed by atoms with van der Waals surface area (Å²) in [6.45, 7) is 0.690. The third-order valence-electron chi connectivity index (χ3n) is 6.61. The predicted molar refractivity (Wildman–Crippen MR) is 141 cm³/mol. The van der Waals surface area contributed by atoms with Crippen LogP contribution in [0.4, 0.5) is 4.39 Å². The first-order chi connectivity index (χ1) is 17.8. The second kappa shape index (κ2) is 8.17. The Kier molecular flexibility index (Phi) is 4.67. The molecule has 4 nitrogen and oxygen atoms in total. The molecule has 36 heavy (non-hydrogen) atoms. The van der Waals surface area contributed by atoms with Crippen molar-refractivity contribution in [2.24, 2.45) is 0 Å². The highest BCUT2D eigenvalue weighted by Crippen LogP contribution is 2.39. The minimum absolute atomic E-state index is 0.282. The molecule has 0 saturated carbocycles. The lowest BCUT2D eigenvalue weighted by atomic mass is 10.1. The van der Waals surface area contributed by atoms with Crippen molar-refractivity contribution in [2.75, 3.05) is 0 Å². The molecular weight excluding hydrogens is 449 g/mol. The number of pyridine rings is 1. The summed E-state index contributed by atoms with van der Waals surface area (Å²) in [5.41, 5.74) is 7.04. The van der Waals surface area contributed by atoms with Gasteiger partial charge >= 0.3 is 0 Å². The van der Waals surface area contributed by atoms with Gasteiger partial charge in [0, 0.05) is 29.1 Å². The molecule has 4 aromatic carbocycles. The third kappa shape index (κ3) is 3.28. The van der Waals surface area contributed by atoms with E-state index in [1.54, 1.807) is 18.3 Å². The molecule has 172 valence electrons. The zero-order valence-corrected chi connectivity index (χ0v) is 19.2. The van der Waals surface area contributed by atoms with Gasteiger partial charge in [0.2, 0.25) is 0 Å². The lowest BCUT2D eigenvalue weighted by Gasteiger charge is -2.10. The van der Waals surface area contributed by atoms with Crippen LogP contribution in [-0.4, -0.2) is 14.5 Å². The minimum atomic E-state index is -0.282. The monoisotopic (exact) mass is 469 g/mol. The number of nitrogens with zero attached hydrogens (tertiary/aromatic N) is 3. The quantitative estimate of drug-likeness (QED) is 0.264. The van der Waals surface area contributed by atoms with Crippen molar-refractivity contribution in [3.63, 3.8) is 0 Å². The van der Waals surface area contributed by atoms with Gasteiger partial charge in [-0.1, -0.05) is 54.6 Å². The van der Waals surface area contributed by atoms with E-state index in [1.165, 1.54) is 17.7 Å². The van der Waals surface area contributed by atoms with Crippen molar-refractivity contribution in [2.45, 2.75) is 6.54 Å². The molecular formula is C31H20FN3O. The van der Waals surface area contributed by atoms with E-state index in [1.807, 2.05) is 36.4 Å². The summed E-state index contributed by atoms with van der Waals surface area (Å²) >= 11 is 0. The van der Waals surface area contributed by atoms with E-state index in [2.05, 4.69) is 52.0 Å². The summed E-state index contributed by atoms with van der Waals surface area (Å²) in [4.78, 5) is 9.61. The number of imidazole rings is 1. The van der Waals surface area contributed by atoms with Crippen LogP contribution in [0.1, 0.15) is 5.56 Å². The first-order valence-electron chi connectivity index (χ1n) is 11.8. The van der Waals surface area contributed by atoms with Crippen molar-refractivity contribution in [1.29, 1.82) is 0 Å². The van der Waals surface area contributed by atoms with Crippen molar-refractivity contribution in [1.82, 2.24) is 14.5 Å². The van der Waals surface area contributed by atoms with E-state index < -0.39 is 0 Å². The molecule has 0 spiro atoms. The van der Waals surface area contributed by atoms with Crippen LogP contribution < -0.4 is 0 Å². The molecule has 0 amide bonds. The van der Waals surface area contributed by atoms with Gasteiger partial charge in [0.1, 0.15) is 22.9 Å². The Bertz CT molecular complexity index is 1870. The Morgan fingerprint density at radius 1 is 0.722 bits per heavy atom. The standard InChI is InChI=1S/C31H20FN3O/c32-22-15-13-21(14-16-22)28-30-24(17-18-33-28)23-9-6-10-25(29(23)36-30)31-34-26-11-4-5-12-27(26)35(31)19-20-7-2-1-3-8-20/h1-18H,19H2. The smallest absolute Gasteiger partial charge is 0.161 e. The van der Waals surface area contributed by atoms with Crippen LogP contribution in [0, 0.1) is 5.82 Å². The number of benzene rings is 4. The number of aromatic nitrogens is 3. The van der Waals surface area contributed by atoms with E-state index in [0.717, 1.165) is 44.3 Å². The molecule has 0 N–H and O–H groups in total. The number of furan rings is 1. The predicted octanol–water partition coefficient (Wildman–Crippen LogP) is 7.85. The lowest BCUT2D eigenvalue weighted by Crippen LogP contribution is -2.02. The van der Waals surface area contributed by atoms with Crippen LogP contribution in [0.2, 0.25) is 0 Å². The molecule has 5 heteroatoms. The SMILES string of the molecule is Fc1ccc(-c2nccc3c2oc2c(-c4nc5ccccc5n4Cc4ccccc4)cccc23)cc1. The zero-order chi connectivity index (χ0) is 24.1. The summed E-state index contributed by atoms with van der Waals surface area (Å²) in [5.74, 6) is 0.566. The van der Waals surface area contributed by atoms with Crippen LogP contribution in [0.3, 0.4) is 0 Å². The normalized spacial score (nSPS) is 11.6. The maximum Gasteiger partial charge on any atom is 0.161 e. The highest BCUT2D eigenvalue weighted by molar-refractivity contribution is 6.12. The molecule has 0 bridgehead atoms. The maximum absolute atomic E-state index is 13.6. The molecule has 3 aromatic heterocycles. The Labute approximate surface area is 206 Å². The van der Waals surface area contributed by atoms with E-state index in [0.29, 0.717) is 17.8 Å². The van der Waals surface area contributed by atoms with Gasteiger partial charge in [-0.2, -0.15) is 0 Å². The van der Waals surface area contributed by atoms with E-state index in [9.17, 15) is 4.39 Å². The van der Waals surface area contributed by atoms with Crippen molar-refractivity contribution in [3.05, 3.63) is 121 Å². The average Bonchev–Trinajstić information content (AvgIpc) is 3.48. The van der Waals surface area contributed by atoms with Crippen LogP contribution in [0.25, 0.3) is 55.6 Å². The van der Waals surface area contributed by atoms with Gasteiger partial charge in [0.05, 0.1) is 16.6 Å². The number of halogens is 1. The lowest BCUT2D eigenvalue weighted by molar-refractivity contribution is 0.628. The average molecular weight is 470 g/mol. The molecule has 3 heterocycles. The summed E-state index contributed by atoms with van der Waals surface area (Å²) in [5, 5.41) is 1.96. The summed E-state index contributed by atoms with van der Waals surface area (Å²) < 4.78 is 22.3. The molecule has 0 saturated heterocycles. The number of hydrogen-bond donors (Lipinski definition) is 0. The summed E-state index contributed by atoms with van der Waals surface area (Å²) in [6.07, 6.45) is 1.77. The first kappa shape index (κ1) is 20.6. The highest BCUT2D eigenvalue weighted by atomic mass is 19.1. The van der Waals surface area contributed by atoms with Gasteiger partial charge in [0.25, 0.3) is 0 Å².